The molecule has 0 amide bonds. The first-order chi connectivity index (χ1) is 10.6. The summed E-state index contributed by atoms with van der Waals surface area (Å²) >= 11 is 1.70. The minimum atomic E-state index is 0.845. The molecule has 0 aliphatic carbocycles. The summed E-state index contributed by atoms with van der Waals surface area (Å²) in [5, 5.41) is 7.53. The van der Waals surface area contributed by atoms with Gasteiger partial charge in [0, 0.05) is 42.3 Å². The number of thiazole rings is 1. The van der Waals surface area contributed by atoms with Gasteiger partial charge >= 0.3 is 0 Å². The van der Waals surface area contributed by atoms with Crippen molar-refractivity contribution in [3.05, 3.63) is 58.9 Å². The Balaban J connectivity index is 1.66. The summed E-state index contributed by atoms with van der Waals surface area (Å²) in [5.74, 6) is 0. The summed E-state index contributed by atoms with van der Waals surface area (Å²) in [5.41, 5.74) is 4.79. The van der Waals surface area contributed by atoms with Crippen LogP contribution < -0.4 is 0 Å². The molecule has 0 saturated carbocycles. The maximum atomic E-state index is 4.75. The highest BCUT2D eigenvalue weighted by molar-refractivity contribution is 7.13. The molecule has 3 rings (SSSR count). The van der Waals surface area contributed by atoms with Gasteiger partial charge in [0.1, 0.15) is 5.01 Å². The number of benzene rings is 1. The molecule has 0 fully saturated rings. The van der Waals surface area contributed by atoms with Crippen molar-refractivity contribution in [2.45, 2.75) is 20.0 Å². The summed E-state index contributed by atoms with van der Waals surface area (Å²) in [6.45, 7) is 3.84. The van der Waals surface area contributed by atoms with Crippen molar-refractivity contribution >= 4 is 11.3 Å². The van der Waals surface area contributed by atoms with Gasteiger partial charge in [0.05, 0.1) is 11.9 Å². The van der Waals surface area contributed by atoms with Crippen LogP contribution in [0.3, 0.4) is 0 Å². The predicted molar refractivity (Wildman–Crippen MR) is 90.7 cm³/mol. The Bertz CT molecular complexity index is 745. The second kappa shape index (κ2) is 6.42. The lowest BCUT2D eigenvalue weighted by molar-refractivity contribution is 0.315. The maximum Gasteiger partial charge on any atom is 0.123 e. The van der Waals surface area contributed by atoms with Crippen LogP contribution in [0.4, 0.5) is 0 Å². The van der Waals surface area contributed by atoms with E-state index in [0.29, 0.717) is 0 Å². The molecule has 5 heteroatoms. The van der Waals surface area contributed by atoms with Gasteiger partial charge in [-0.05, 0) is 14.0 Å². The maximum absolute atomic E-state index is 4.75. The van der Waals surface area contributed by atoms with Crippen LogP contribution in [0.15, 0.2) is 41.9 Å². The van der Waals surface area contributed by atoms with Crippen molar-refractivity contribution in [1.82, 2.24) is 19.7 Å². The van der Waals surface area contributed by atoms with E-state index in [1.165, 1.54) is 16.8 Å². The average molecular weight is 312 g/mol. The zero-order valence-electron chi connectivity index (χ0n) is 13.2. The van der Waals surface area contributed by atoms with Crippen molar-refractivity contribution in [2.24, 2.45) is 7.05 Å². The van der Waals surface area contributed by atoms with Crippen LogP contribution in [0.2, 0.25) is 0 Å². The average Bonchev–Trinajstić information content (AvgIpc) is 3.10. The number of nitrogens with zero attached hydrogens (tertiary/aromatic N) is 4. The van der Waals surface area contributed by atoms with Gasteiger partial charge in [0.25, 0.3) is 0 Å². The lowest BCUT2D eigenvalue weighted by Gasteiger charge is -2.14. The lowest BCUT2D eigenvalue weighted by atomic mass is 10.2. The minimum Gasteiger partial charge on any atom is -0.296 e. The Morgan fingerprint density at radius 3 is 2.64 bits per heavy atom. The highest BCUT2D eigenvalue weighted by Crippen LogP contribution is 2.24. The molecular weight excluding hydrogens is 292 g/mol. The number of aryl methyl sites for hydroxylation is 1. The molecule has 0 N–H and O–H groups in total. The molecule has 4 nitrogen and oxygen atoms in total. The Morgan fingerprint density at radius 1 is 1.18 bits per heavy atom. The molecule has 0 aliphatic rings. The Hall–Kier alpha value is -1.98. The molecule has 0 unspecified atom stereocenters. The smallest absolute Gasteiger partial charge is 0.123 e. The summed E-state index contributed by atoms with van der Waals surface area (Å²) in [7, 11) is 4.10. The second-order valence-corrected chi connectivity index (χ2v) is 6.42. The molecule has 3 aromatic rings. The molecule has 0 radical (unpaired) electrons. The van der Waals surface area contributed by atoms with Crippen molar-refractivity contribution in [3.8, 4) is 10.6 Å². The van der Waals surface area contributed by atoms with Gasteiger partial charge in [0.15, 0.2) is 0 Å². The van der Waals surface area contributed by atoms with Gasteiger partial charge in [-0.15, -0.1) is 11.3 Å². The van der Waals surface area contributed by atoms with E-state index in [2.05, 4.69) is 41.5 Å². The molecule has 1 aromatic carbocycles. The van der Waals surface area contributed by atoms with E-state index in [1.54, 1.807) is 11.3 Å². The van der Waals surface area contributed by atoms with Crippen LogP contribution in [0, 0.1) is 6.92 Å². The molecule has 0 aliphatic heterocycles. The van der Waals surface area contributed by atoms with Gasteiger partial charge in [0.2, 0.25) is 0 Å². The molecule has 114 valence electrons. The van der Waals surface area contributed by atoms with Crippen molar-refractivity contribution < 1.29 is 0 Å². The topological polar surface area (TPSA) is 34.0 Å². The molecule has 0 bridgehead atoms. The van der Waals surface area contributed by atoms with Crippen LogP contribution in [-0.2, 0) is 20.1 Å². The number of rotatable bonds is 5. The Morgan fingerprint density at radius 2 is 1.95 bits per heavy atom. The summed E-state index contributed by atoms with van der Waals surface area (Å²) in [6, 6.07) is 10.3. The van der Waals surface area contributed by atoms with Crippen molar-refractivity contribution in [2.75, 3.05) is 7.05 Å². The molecule has 0 spiro atoms. The highest BCUT2D eigenvalue weighted by atomic mass is 32.1. The number of hydrogen-bond donors (Lipinski definition) is 0. The summed E-state index contributed by atoms with van der Waals surface area (Å²) < 4.78 is 1.92. The van der Waals surface area contributed by atoms with Gasteiger partial charge in [-0.2, -0.15) is 5.10 Å². The van der Waals surface area contributed by atoms with Crippen molar-refractivity contribution in [3.63, 3.8) is 0 Å². The van der Waals surface area contributed by atoms with Gasteiger partial charge in [-0.25, -0.2) is 4.98 Å². The Kier molecular flexibility index (Phi) is 4.36. The molecule has 2 aromatic heterocycles. The first kappa shape index (κ1) is 14.9. The largest absolute Gasteiger partial charge is 0.296 e. The Labute approximate surface area is 135 Å². The van der Waals surface area contributed by atoms with Gasteiger partial charge < -0.3 is 0 Å². The zero-order valence-corrected chi connectivity index (χ0v) is 14.0. The first-order valence-corrected chi connectivity index (χ1v) is 8.17. The third-order valence-electron chi connectivity index (χ3n) is 3.78. The van der Waals surface area contributed by atoms with E-state index in [4.69, 9.17) is 4.98 Å². The molecule has 22 heavy (non-hydrogen) atoms. The number of aromatic nitrogens is 3. The second-order valence-electron chi connectivity index (χ2n) is 5.56. The van der Waals surface area contributed by atoms with E-state index in [1.807, 2.05) is 36.1 Å². The van der Waals surface area contributed by atoms with Gasteiger partial charge in [-0.1, -0.05) is 30.3 Å². The van der Waals surface area contributed by atoms with E-state index in [0.717, 1.165) is 23.8 Å². The van der Waals surface area contributed by atoms with Crippen LogP contribution >= 0.6 is 11.3 Å². The molecule has 2 heterocycles. The normalized spacial score (nSPS) is 11.3. The zero-order chi connectivity index (χ0) is 15.5. The van der Waals surface area contributed by atoms with Crippen molar-refractivity contribution in [1.29, 1.82) is 0 Å². The fourth-order valence-corrected chi connectivity index (χ4v) is 3.23. The number of hydrogen-bond acceptors (Lipinski definition) is 4. The van der Waals surface area contributed by atoms with E-state index >= 15 is 0 Å². The molecule has 0 atom stereocenters. The summed E-state index contributed by atoms with van der Waals surface area (Å²) in [4.78, 5) is 7.02. The van der Waals surface area contributed by atoms with Crippen LogP contribution in [0.5, 0.6) is 0 Å². The van der Waals surface area contributed by atoms with Gasteiger partial charge in [-0.3, -0.25) is 9.58 Å². The van der Waals surface area contributed by atoms with E-state index in [-0.39, 0.29) is 0 Å². The highest BCUT2D eigenvalue weighted by Gasteiger charge is 2.10. The van der Waals surface area contributed by atoms with Crippen LogP contribution in [0.1, 0.15) is 17.0 Å². The third kappa shape index (κ3) is 3.26. The van der Waals surface area contributed by atoms with E-state index in [9.17, 15) is 0 Å². The minimum absolute atomic E-state index is 0.845. The van der Waals surface area contributed by atoms with E-state index < -0.39 is 0 Å². The SMILES string of the molecule is Cc1c(CN(C)Cc2csc(-c3ccccc3)n2)cnn1C. The monoisotopic (exact) mass is 312 g/mol. The fraction of sp³-hybridized carbons (Fsp3) is 0.294. The van der Waals surface area contributed by atoms with Crippen LogP contribution in [-0.4, -0.2) is 26.7 Å². The van der Waals surface area contributed by atoms with Crippen LogP contribution in [0.25, 0.3) is 10.6 Å². The quantitative estimate of drug-likeness (QED) is 0.723. The third-order valence-corrected chi connectivity index (χ3v) is 4.72. The standard InChI is InChI=1S/C17H20N4S/c1-13-15(9-18-21(13)3)10-20(2)11-16-12-22-17(19-16)14-7-5-4-6-8-14/h4-9,12H,10-11H2,1-3H3. The lowest BCUT2D eigenvalue weighted by Crippen LogP contribution is -2.17. The summed E-state index contributed by atoms with van der Waals surface area (Å²) in [6.07, 6.45) is 1.95. The first-order valence-electron chi connectivity index (χ1n) is 7.29. The predicted octanol–water partition coefficient (Wildman–Crippen LogP) is 3.48. The molecular formula is C17H20N4S. The fourth-order valence-electron chi connectivity index (χ4n) is 2.42. The molecule has 0 saturated heterocycles.